The van der Waals surface area contributed by atoms with Crippen LogP contribution in [0.15, 0.2) is 29.9 Å². The van der Waals surface area contributed by atoms with Gasteiger partial charge in [-0.3, -0.25) is 4.98 Å². The normalized spacial score (nSPS) is 25.1. The van der Waals surface area contributed by atoms with Gasteiger partial charge in [-0.1, -0.05) is 17.7 Å². The Kier molecular flexibility index (Phi) is 4.43. The zero-order chi connectivity index (χ0) is 12.1. The molecule has 0 aliphatic heterocycles. The maximum absolute atomic E-state index is 5.61. The Balaban J connectivity index is 1.95. The zero-order valence-electron chi connectivity index (χ0n) is 10.1. The van der Waals surface area contributed by atoms with Crippen molar-refractivity contribution in [2.24, 2.45) is 5.92 Å². The number of nitrogens with zero attached hydrogens (tertiary/aromatic N) is 1. The predicted molar refractivity (Wildman–Crippen MR) is 70.5 cm³/mol. The van der Waals surface area contributed by atoms with E-state index < -0.39 is 0 Å². The third-order valence-corrected chi connectivity index (χ3v) is 3.68. The molecule has 0 radical (unpaired) electrons. The third kappa shape index (κ3) is 3.22. The summed E-state index contributed by atoms with van der Waals surface area (Å²) in [5.74, 6) is 2.08. The molecule has 1 aromatic rings. The molecule has 2 nitrogen and oxygen atoms in total. The standard InChI is InChI=1S/C14H18ClNO/c1-17-13-6-7-14(16-10-13)12-4-2-11(3-5-12)8-9-15/h6-12H,2-5H2,1H3/b9-8+. The van der Waals surface area contributed by atoms with Gasteiger partial charge in [-0.25, -0.2) is 0 Å². The number of halogens is 1. The van der Waals surface area contributed by atoms with Crippen LogP contribution in [-0.4, -0.2) is 12.1 Å². The van der Waals surface area contributed by atoms with E-state index in [-0.39, 0.29) is 0 Å². The lowest BCUT2D eigenvalue weighted by molar-refractivity contribution is 0.370. The summed E-state index contributed by atoms with van der Waals surface area (Å²) >= 11 is 5.61. The first kappa shape index (κ1) is 12.4. The maximum atomic E-state index is 5.61. The molecule has 1 aliphatic rings. The minimum Gasteiger partial charge on any atom is -0.495 e. The molecule has 2 rings (SSSR count). The van der Waals surface area contributed by atoms with Crippen LogP contribution in [0.3, 0.4) is 0 Å². The Bertz CT molecular complexity index is 366. The second kappa shape index (κ2) is 6.06. The van der Waals surface area contributed by atoms with Crippen molar-refractivity contribution in [1.29, 1.82) is 0 Å². The molecule has 0 N–H and O–H groups in total. The van der Waals surface area contributed by atoms with E-state index in [9.17, 15) is 0 Å². The fraction of sp³-hybridized carbons (Fsp3) is 0.500. The van der Waals surface area contributed by atoms with Crippen molar-refractivity contribution < 1.29 is 4.74 Å². The van der Waals surface area contributed by atoms with Gasteiger partial charge in [0, 0.05) is 17.1 Å². The highest BCUT2D eigenvalue weighted by molar-refractivity contribution is 6.25. The van der Waals surface area contributed by atoms with E-state index in [2.05, 4.69) is 17.1 Å². The van der Waals surface area contributed by atoms with Crippen LogP contribution >= 0.6 is 11.6 Å². The van der Waals surface area contributed by atoms with Crippen LogP contribution in [-0.2, 0) is 0 Å². The Morgan fingerprint density at radius 3 is 2.59 bits per heavy atom. The van der Waals surface area contributed by atoms with Crippen molar-refractivity contribution in [3.05, 3.63) is 35.6 Å². The lowest BCUT2D eigenvalue weighted by atomic mass is 9.80. The first-order chi connectivity index (χ1) is 8.33. The van der Waals surface area contributed by atoms with Crippen LogP contribution in [0.5, 0.6) is 5.75 Å². The van der Waals surface area contributed by atoms with Gasteiger partial charge < -0.3 is 4.74 Å². The monoisotopic (exact) mass is 251 g/mol. The van der Waals surface area contributed by atoms with Gasteiger partial charge in [-0.15, -0.1) is 0 Å². The minimum atomic E-state index is 0.598. The molecule has 92 valence electrons. The molecule has 0 atom stereocenters. The van der Waals surface area contributed by atoms with Crippen LogP contribution < -0.4 is 4.74 Å². The number of allylic oxidation sites excluding steroid dienone is 1. The van der Waals surface area contributed by atoms with Gasteiger partial charge in [-0.05, 0) is 43.7 Å². The summed E-state index contributed by atoms with van der Waals surface area (Å²) in [7, 11) is 1.67. The summed E-state index contributed by atoms with van der Waals surface area (Å²) in [4.78, 5) is 4.48. The molecular formula is C14H18ClNO. The maximum Gasteiger partial charge on any atom is 0.137 e. The van der Waals surface area contributed by atoms with E-state index in [0.29, 0.717) is 11.8 Å². The first-order valence-corrected chi connectivity index (χ1v) is 6.54. The zero-order valence-corrected chi connectivity index (χ0v) is 10.9. The molecule has 1 saturated carbocycles. The number of aromatic nitrogens is 1. The minimum absolute atomic E-state index is 0.598. The van der Waals surface area contributed by atoms with Crippen LogP contribution in [0.2, 0.25) is 0 Å². The van der Waals surface area contributed by atoms with E-state index >= 15 is 0 Å². The fourth-order valence-corrected chi connectivity index (χ4v) is 2.67. The number of methoxy groups -OCH3 is 1. The molecule has 0 unspecified atom stereocenters. The molecule has 3 heteroatoms. The SMILES string of the molecule is COc1ccc(C2CCC(/C=C/Cl)CC2)nc1. The average molecular weight is 252 g/mol. The van der Waals surface area contributed by atoms with Gasteiger partial charge in [0.25, 0.3) is 0 Å². The Labute approximate surface area is 108 Å². The highest BCUT2D eigenvalue weighted by Crippen LogP contribution is 2.35. The van der Waals surface area contributed by atoms with E-state index in [1.165, 1.54) is 31.4 Å². The molecule has 1 heterocycles. The summed E-state index contributed by atoms with van der Waals surface area (Å²) in [5, 5.41) is 0. The Morgan fingerprint density at radius 1 is 1.29 bits per heavy atom. The van der Waals surface area contributed by atoms with E-state index in [1.807, 2.05) is 6.07 Å². The lowest BCUT2D eigenvalue weighted by Crippen LogP contribution is -2.12. The summed E-state index contributed by atoms with van der Waals surface area (Å²) in [6.45, 7) is 0. The molecule has 0 bridgehead atoms. The van der Waals surface area contributed by atoms with Crippen molar-refractivity contribution in [2.45, 2.75) is 31.6 Å². The van der Waals surface area contributed by atoms with Crippen molar-refractivity contribution in [2.75, 3.05) is 7.11 Å². The molecule has 0 aromatic carbocycles. The molecule has 0 saturated heterocycles. The van der Waals surface area contributed by atoms with Gasteiger partial charge in [0.2, 0.25) is 0 Å². The van der Waals surface area contributed by atoms with Gasteiger partial charge in [0.1, 0.15) is 5.75 Å². The molecular weight excluding hydrogens is 234 g/mol. The van der Waals surface area contributed by atoms with Crippen molar-refractivity contribution in [1.82, 2.24) is 4.98 Å². The number of pyridine rings is 1. The van der Waals surface area contributed by atoms with E-state index in [0.717, 1.165) is 5.75 Å². The average Bonchev–Trinajstić information content (AvgIpc) is 2.40. The smallest absolute Gasteiger partial charge is 0.137 e. The van der Waals surface area contributed by atoms with Crippen LogP contribution in [0, 0.1) is 5.92 Å². The quantitative estimate of drug-likeness (QED) is 0.806. The van der Waals surface area contributed by atoms with Crippen molar-refractivity contribution in [3.63, 3.8) is 0 Å². The topological polar surface area (TPSA) is 22.1 Å². The van der Waals surface area contributed by atoms with Gasteiger partial charge in [0.15, 0.2) is 0 Å². The summed E-state index contributed by atoms with van der Waals surface area (Å²) in [6.07, 6.45) is 8.74. The number of hydrogen-bond donors (Lipinski definition) is 0. The van der Waals surface area contributed by atoms with Gasteiger partial charge in [-0.2, -0.15) is 0 Å². The lowest BCUT2D eigenvalue weighted by Gasteiger charge is -2.26. The highest BCUT2D eigenvalue weighted by Gasteiger charge is 2.21. The molecule has 1 fully saturated rings. The fourth-order valence-electron chi connectivity index (χ4n) is 2.46. The number of hydrogen-bond acceptors (Lipinski definition) is 2. The van der Waals surface area contributed by atoms with Gasteiger partial charge in [0.05, 0.1) is 13.3 Å². The molecule has 1 aliphatic carbocycles. The van der Waals surface area contributed by atoms with Gasteiger partial charge >= 0.3 is 0 Å². The predicted octanol–water partition coefficient (Wildman–Crippen LogP) is 4.12. The van der Waals surface area contributed by atoms with Crippen molar-refractivity contribution >= 4 is 11.6 Å². The van der Waals surface area contributed by atoms with E-state index in [1.54, 1.807) is 18.8 Å². The second-order valence-corrected chi connectivity index (χ2v) is 4.81. The van der Waals surface area contributed by atoms with Crippen LogP contribution in [0.4, 0.5) is 0 Å². The summed E-state index contributed by atoms with van der Waals surface area (Å²) in [6, 6.07) is 4.08. The third-order valence-electron chi connectivity index (χ3n) is 3.53. The highest BCUT2D eigenvalue weighted by atomic mass is 35.5. The van der Waals surface area contributed by atoms with E-state index in [4.69, 9.17) is 16.3 Å². The molecule has 0 spiro atoms. The van der Waals surface area contributed by atoms with Crippen LogP contribution in [0.1, 0.15) is 37.3 Å². The summed E-state index contributed by atoms with van der Waals surface area (Å²) < 4.78 is 5.12. The largest absolute Gasteiger partial charge is 0.495 e. The molecule has 17 heavy (non-hydrogen) atoms. The number of ether oxygens (including phenoxy) is 1. The second-order valence-electron chi connectivity index (χ2n) is 4.55. The molecule has 1 aromatic heterocycles. The molecule has 0 amide bonds. The van der Waals surface area contributed by atoms with Crippen molar-refractivity contribution in [3.8, 4) is 5.75 Å². The Hall–Kier alpha value is -1.02. The van der Waals surface area contributed by atoms with Crippen LogP contribution in [0.25, 0.3) is 0 Å². The summed E-state index contributed by atoms with van der Waals surface area (Å²) in [5.41, 5.74) is 2.84. The first-order valence-electron chi connectivity index (χ1n) is 6.10. The Morgan fingerprint density at radius 2 is 2.06 bits per heavy atom. The number of rotatable bonds is 3.